The molecule has 1 fully saturated rings. The molecule has 0 aromatic rings. The highest BCUT2D eigenvalue weighted by Gasteiger charge is 2.34. The van der Waals surface area contributed by atoms with Crippen molar-refractivity contribution in [3.05, 3.63) is 0 Å². The summed E-state index contributed by atoms with van der Waals surface area (Å²) >= 11 is 0. The van der Waals surface area contributed by atoms with Crippen LogP contribution in [0.1, 0.15) is 58.8 Å². The number of nitrogens with one attached hydrogen (secondary N) is 2. The van der Waals surface area contributed by atoms with Gasteiger partial charge in [0.1, 0.15) is 6.04 Å². The highest BCUT2D eigenvalue weighted by molar-refractivity contribution is 5.92. The monoisotopic (exact) mass is 355 g/mol. The van der Waals surface area contributed by atoms with Gasteiger partial charge in [-0.2, -0.15) is 0 Å². The molecule has 2 amide bonds. The van der Waals surface area contributed by atoms with Crippen LogP contribution < -0.4 is 10.6 Å². The highest BCUT2D eigenvalue weighted by atomic mass is 16.5. The number of esters is 1. The van der Waals surface area contributed by atoms with E-state index in [2.05, 4.69) is 17.6 Å². The molecule has 0 aliphatic carbocycles. The lowest BCUT2D eigenvalue weighted by Gasteiger charge is -2.34. The number of carbonyl (C=O) groups is 3. The largest absolute Gasteiger partial charge is 0.466 e. The van der Waals surface area contributed by atoms with E-state index in [4.69, 9.17) is 4.74 Å². The van der Waals surface area contributed by atoms with E-state index in [0.29, 0.717) is 19.7 Å². The molecule has 1 atom stereocenters. The van der Waals surface area contributed by atoms with Gasteiger partial charge < -0.3 is 20.3 Å². The van der Waals surface area contributed by atoms with E-state index >= 15 is 0 Å². The van der Waals surface area contributed by atoms with Crippen LogP contribution in [0.5, 0.6) is 0 Å². The van der Waals surface area contributed by atoms with Gasteiger partial charge in [0.25, 0.3) is 0 Å². The number of hydrogen-bond donors (Lipinski definition) is 2. The molecule has 0 saturated carbocycles. The average Bonchev–Trinajstić information content (AvgIpc) is 2.60. The van der Waals surface area contributed by atoms with E-state index in [-0.39, 0.29) is 24.8 Å². The van der Waals surface area contributed by atoms with E-state index in [1.807, 2.05) is 6.92 Å². The summed E-state index contributed by atoms with van der Waals surface area (Å²) in [5.74, 6) is -0.866. The van der Waals surface area contributed by atoms with Crippen LogP contribution in [0.3, 0.4) is 0 Å². The highest BCUT2D eigenvalue weighted by Crippen LogP contribution is 2.10. The van der Waals surface area contributed by atoms with Crippen molar-refractivity contribution < 1.29 is 19.1 Å². The third-order valence-electron chi connectivity index (χ3n) is 4.21. The minimum Gasteiger partial charge on any atom is -0.466 e. The Labute approximate surface area is 150 Å². The maximum Gasteiger partial charge on any atom is 0.308 e. The molecule has 0 spiro atoms. The third-order valence-corrected chi connectivity index (χ3v) is 4.21. The Bertz CT molecular complexity index is 429. The van der Waals surface area contributed by atoms with Crippen molar-refractivity contribution in [2.45, 2.75) is 64.8 Å². The molecule has 0 radical (unpaired) electrons. The maximum atomic E-state index is 12.4. The SMILES string of the molecule is CCCCCCCNCC(=O)N1CCNC(=O)C1CC(=O)OCCC. The average molecular weight is 355 g/mol. The molecule has 1 aliphatic heterocycles. The van der Waals surface area contributed by atoms with E-state index in [1.54, 1.807) is 0 Å². The Morgan fingerprint density at radius 1 is 1.20 bits per heavy atom. The summed E-state index contributed by atoms with van der Waals surface area (Å²) in [6, 6.07) is -0.767. The third kappa shape index (κ3) is 8.34. The molecule has 0 bridgehead atoms. The number of ether oxygens (including phenoxy) is 1. The van der Waals surface area contributed by atoms with Crippen molar-refractivity contribution in [1.82, 2.24) is 15.5 Å². The normalized spacial score (nSPS) is 17.3. The van der Waals surface area contributed by atoms with E-state index in [9.17, 15) is 14.4 Å². The van der Waals surface area contributed by atoms with Gasteiger partial charge in [-0.3, -0.25) is 14.4 Å². The van der Waals surface area contributed by atoms with Crippen LogP contribution in [-0.4, -0.2) is 61.5 Å². The lowest BCUT2D eigenvalue weighted by Crippen LogP contribution is -2.59. The molecule has 1 unspecified atom stereocenters. The Morgan fingerprint density at radius 3 is 2.68 bits per heavy atom. The van der Waals surface area contributed by atoms with E-state index in [0.717, 1.165) is 25.8 Å². The number of unbranched alkanes of at least 4 members (excludes halogenated alkanes) is 4. The first kappa shape index (κ1) is 21.4. The van der Waals surface area contributed by atoms with E-state index < -0.39 is 12.0 Å². The quantitative estimate of drug-likeness (QED) is 0.406. The molecule has 1 saturated heterocycles. The fourth-order valence-corrected chi connectivity index (χ4v) is 2.80. The smallest absolute Gasteiger partial charge is 0.308 e. The zero-order valence-electron chi connectivity index (χ0n) is 15.6. The van der Waals surface area contributed by atoms with Crippen molar-refractivity contribution in [3.8, 4) is 0 Å². The van der Waals surface area contributed by atoms with Crippen LogP contribution in [0.15, 0.2) is 0 Å². The number of amides is 2. The summed E-state index contributed by atoms with van der Waals surface area (Å²) in [7, 11) is 0. The standard InChI is InChI=1S/C18H33N3O4/c1-3-5-6-7-8-9-19-14-16(22)21-11-10-20-18(24)15(21)13-17(23)25-12-4-2/h15,19H,3-14H2,1-2H3,(H,20,24). The van der Waals surface area contributed by atoms with Gasteiger partial charge in [0.15, 0.2) is 0 Å². The van der Waals surface area contributed by atoms with Gasteiger partial charge >= 0.3 is 5.97 Å². The number of carbonyl (C=O) groups excluding carboxylic acids is 3. The number of nitrogens with zero attached hydrogens (tertiary/aromatic N) is 1. The molecule has 7 nitrogen and oxygen atoms in total. The van der Waals surface area contributed by atoms with Gasteiger partial charge in [-0.25, -0.2) is 0 Å². The van der Waals surface area contributed by atoms with Gasteiger partial charge in [-0.05, 0) is 19.4 Å². The molecular formula is C18H33N3O4. The Balaban J connectivity index is 2.39. The number of rotatable bonds is 12. The van der Waals surface area contributed by atoms with Crippen LogP contribution >= 0.6 is 0 Å². The number of piperazine rings is 1. The lowest BCUT2D eigenvalue weighted by atomic mass is 10.1. The minimum absolute atomic E-state index is 0.0887. The predicted octanol–water partition coefficient (Wildman–Crippen LogP) is 1.22. The first-order valence-electron chi connectivity index (χ1n) is 9.53. The molecule has 25 heavy (non-hydrogen) atoms. The first-order valence-corrected chi connectivity index (χ1v) is 9.53. The van der Waals surface area contributed by atoms with Crippen molar-refractivity contribution in [2.75, 3.05) is 32.8 Å². The van der Waals surface area contributed by atoms with Crippen LogP contribution in [0.4, 0.5) is 0 Å². The van der Waals surface area contributed by atoms with Gasteiger partial charge in [0.05, 0.1) is 19.6 Å². The lowest BCUT2D eigenvalue weighted by molar-refractivity contribution is -0.151. The van der Waals surface area contributed by atoms with Gasteiger partial charge in [-0.1, -0.05) is 39.5 Å². The fourth-order valence-electron chi connectivity index (χ4n) is 2.80. The van der Waals surface area contributed by atoms with Crippen LogP contribution in [0, 0.1) is 0 Å². The Kier molecular flexibility index (Phi) is 10.9. The molecule has 0 aromatic carbocycles. The molecule has 1 heterocycles. The maximum absolute atomic E-state index is 12.4. The predicted molar refractivity (Wildman–Crippen MR) is 96.0 cm³/mol. The summed E-state index contributed by atoms with van der Waals surface area (Å²) in [5.41, 5.74) is 0. The minimum atomic E-state index is -0.767. The summed E-state index contributed by atoms with van der Waals surface area (Å²) < 4.78 is 5.04. The molecule has 1 aliphatic rings. The summed E-state index contributed by atoms with van der Waals surface area (Å²) in [5, 5.41) is 5.86. The Hall–Kier alpha value is -1.63. The zero-order chi connectivity index (χ0) is 18.5. The molecule has 0 aromatic heterocycles. The number of hydrogen-bond acceptors (Lipinski definition) is 5. The van der Waals surface area contributed by atoms with Crippen molar-refractivity contribution in [1.29, 1.82) is 0 Å². The second-order valence-corrected chi connectivity index (χ2v) is 6.41. The first-order chi connectivity index (χ1) is 12.1. The summed E-state index contributed by atoms with van der Waals surface area (Å²) in [6.45, 7) is 6.25. The Morgan fingerprint density at radius 2 is 1.96 bits per heavy atom. The zero-order valence-corrected chi connectivity index (χ0v) is 15.6. The molecule has 144 valence electrons. The molecule has 2 N–H and O–H groups in total. The summed E-state index contributed by atoms with van der Waals surface area (Å²) in [6.07, 6.45) is 6.53. The second-order valence-electron chi connectivity index (χ2n) is 6.41. The van der Waals surface area contributed by atoms with Gasteiger partial charge in [0, 0.05) is 13.1 Å². The van der Waals surface area contributed by atoms with Gasteiger partial charge in [0.2, 0.25) is 11.8 Å². The molecule has 1 rings (SSSR count). The van der Waals surface area contributed by atoms with Crippen molar-refractivity contribution in [3.63, 3.8) is 0 Å². The van der Waals surface area contributed by atoms with Crippen LogP contribution in [-0.2, 0) is 19.1 Å². The topological polar surface area (TPSA) is 87.7 Å². The van der Waals surface area contributed by atoms with Crippen molar-refractivity contribution in [2.24, 2.45) is 0 Å². The second kappa shape index (κ2) is 12.7. The van der Waals surface area contributed by atoms with Crippen LogP contribution in [0.25, 0.3) is 0 Å². The van der Waals surface area contributed by atoms with Crippen molar-refractivity contribution >= 4 is 17.8 Å². The summed E-state index contributed by atoms with van der Waals surface area (Å²) in [4.78, 5) is 37.8. The molecular weight excluding hydrogens is 322 g/mol. The van der Waals surface area contributed by atoms with Gasteiger partial charge in [-0.15, -0.1) is 0 Å². The van der Waals surface area contributed by atoms with E-state index in [1.165, 1.54) is 24.2 Å². The van der Waals surface area contributed by atoms with Crippen LogP contribution in [0.2, 0.25) is 0 Å². The fraction of sp³-hybridized carbons (Fsp3) is 0.833. The molecule has 7 heteroatoms.